The van der Waals surface area contributed by atoms with Gasteiger partial charge in [0.15, 0.2) is 0 Å². The second-order valence-electron chi connectivity index (χ2n) is 6.00. The molecule has 29 heavy (non-hydrogen) atoms. The number of aliphatic imine (C=N–C) groups is 1. The molecular formula is C21H21F3N2O3. The number of aromatic carboxylic acids is 1. The summed E-state index contributed by atoms with van der Waals surface area (Å²) in [5, 5.41) is 8.98. The summed E-state index contributed by atoms with van der Waals surface area (Å²) in [5.41, 5.74) is 1.94. The Hall–Kier alpha value is -3.29. The average Bonchev–Trinajstić information content (AvgIpc) is 2.65. The predicted octanol–water partition coefficient (Wildman–Crippen LogP) is 5.72. The molecule has 0 bridgehead atoms. The van der Waals surface area contributed by atoms with Crippen molar-refractivity contribution in [2.24, 2.45) is 4.99 Å². The number of nitrogens with zero attached hydrogens (tertiary/aromatic N) is 2. The molecule has 1 N–H and O–H groups in total. The van der Waals surface area contributed by atoms with Gasteiger partial charge in [-0.1, -0.05) is 18.2 Å². The van der Waals surface area contributed by atoms with Crippen LogP contribution in [-0.4, -0.2) is 34.7 Å². The van der Waals surface area contributed by atoms with Crippen LogP contribution in [0.1, 0.15) is 36.7 Å². The zero-order valence-electron chi connectivity index (χ0n) is 16.2. The van der Waals surface area contributed by atoms with Crippen molar-refractivity contribution in [3.05, 3.63) is 65.7 Å². The third-order valence-electron chi connectivity index (χ3n) is 4.04. The first kappa shape index (κ1) is 22.0. The molecule has 0 heterocycles. The number of hydrogen-bond donors (Lipinski definition) is 1. The third kappa shape index (κ3) is 6.10. The van der Waals surface area contributed by atoms with Crippen molar-refractivity contribution in [3.8, 4) is 5.75 Å². The van der Waals surface area contributed by atoms with Crippen molar-refractivity contribution in [3.63, 3.8) is 0 Å². The van der Waals surface area contributed by atoms with E-state index >= 15 is 0 Å². The van der Waals surface area contributed by atoms with Crippen LogP contribution < -0.4 is 4.74 Å². The Balaban J connectivity index is 2.33. The van der Waals surface area contributed by atoms with E-state index < -0.39 is 12.3 Å². The van der Waals surface area contributed by atoms with Gasteiger partial charge in [-0.15, -0.1) is 13.2 Å². The van der Waals surface area contributed by atoms with Gasteiger partial charge in [-0.05, 0) is 57.2 Å². The second-order valence-corrected chi connectivity index (χ2v) is 6.00. The highest BCUT2D eigenvalue weighted by atomic mass is 19.4. The normalized spacial score (nSPS) is 12.6. The lowest BCUT2D eigenvalue weighted by Crippen LogP contribution is -2.27. The molecule has 0 unspecified atom stereocenters. The summed E-state index contributed by atoms with van der Waals surface area (Å²) < 4.78 is 41.6. The van der Waals surface area contributed by atoms with E-state index in [1.807, 2.05) is 11.8 Å². The van der Waals surface area contributed by atoms with Gasteiger partial charge in [0.05, 0.1) is 11.3 Å². The summed E-state index contributed by atoms with van der Waals surface area (Å²) in [7, 11) is 0. The van der Waals surface area contributed by atoms with E-state index in [-0.39, 0.29) is 11.3 Å². The van der Waals surface area contributed by atoms with Crippen LogP contribution in [0, 0.1) is 0 Å². The molecule has 0 atom stereocenters. The van der Waals surface area contributed by atoms with Crippen LogP contribution in [0.3, 0.4) is 0 Å². The van der Waals surface area contributed by atoms with Crippen LogP contribution in [0.15, 0.2) is 59.6 Å². The zero-order valence-corrected chi connectivity index (χ0v) is 16.2. The van der Waals surface area contributed by atoms with Crippen molar-refractivity contribution in [1.29, 1.82) is 0 Å². The maximum absolute atomic E-state index is 12.5. The lowest BCUT2D eigenvalue weighted by Gasteiger charge is -2.26. The van der Waals surface area contributed by atoms with Crippen molar-refractivity contribution < 1.29 is 27.8 Å². The second kappa shape index (κ2) is 9.27. The maximum Gasteiger partial charge on any atom is 0.573 e. The molecule has 0 fully saturated rings. The number of carboxylic acids is 1. The number of rotatable bonds is 6. The Morgan fingerprint density at radius 2 is 1.83 bits per heavy atom. The van der Waals surface area contributed by atoms with Gasteiger partial charge in [-0.3, -0.25) is 0 Å². The Morgan fingerprint density at radius 1 is 1.17 bits per heavy atom. The van der Waals surface area contributed by atoms with E-state index in [1.165, 1.54) is 30.3 Å². The largest absolute Gasteiger partial charge is 0.573 e. The SMILES string of the molecule is C/C=C(/c1cccc(OC(F)(F)F)c1)N(CC)C(C)=Nc1ccc(C(=O)O)cc1. The van der Waals surface area contributed by atoms with E-state index in [9.17, 15) is 18.0 Å². The number of ether oxygens (including phenoxy) is 1. The highest BCUT2D eigenvalue weighted by molar-refractivity contribution is 5.91. The zero-order chi connectivity index (χ0) is 21.6. The maximum atomic E-state index is 12.5. The molecule has 0 radical (unpaired) electrons. The fourth-order valence-corrected chi connectivity index (χ4v) is 2.83. The smallest absolute Gasteiger partial charge is 0.478 e. The van der Waals surface area contributed by atoms with Gasteiger partial charge in [-0.2, -0.15) is 0 Å². The molecule has 154 valence electrons. The quantitative estimate of drug-likeness (QED) is 0.493. The molecule has 8 heteroatoms. The topological polar surface area (TPSA) is 62.1 Å². The van der Waals surface area contributed by atoms with Crippen molar-refractivity contribution in [2.45, 2.75) is 27.1 Å². The number of carbonyl (C=O) groups is 1. The summed E-state index contributed by atoms with van der Waals surface area (Å²) in [4.78, 5) is 17.3. The molecule has 0 aliphatic heterocycles. The number of carboxylic acid groups (broad SMARTS) is 1. The highest BCUT2D eigenvalue weighted by Crippen LogP contribution is 2.28. The molecule has 0 aromatic heterocycles. The summed E-state index contributed by atoms with van der Waals surface area (Å²) in [6, 6.07) is 11.8. The number of amidine groups is 1. The molecule has 2 aromatic rings. The Labute approximate surface area is 166 Å². The third-order valence-corrected chi connectivity index (χ3v) is 4.04. The molecule has 2 rings (SSSR count). The number of benzene rings is 2. The summed E-state index contributed by atoms with van der Waals surface area (Å²) >= 11 is 0. The standard InChI is InChI=1S/C21H21F3N2O3/c1-4-19(16-7-6-8-18(13-16)29-21(22,23)24)26(5-2)14(3)25-17-11-9-15(10-12-17)20(27)28/h4,6-13H,5H2,1-3H3,(H,27,28)/b19-4-,25-14?. The monoisotopic (exact) mass is 406 g/mol. The van der Waals surface area contributed by atoms with Crippen LogP contribution in [0.5, 0.6) is 5.75 Å². The van der Waals surface area contributed by atoms with Gasteiger partial charge < -0.3 is 14.7 Å². The molecule has 0 amide bonds. The minimum Gasteiger partial charge on any atom is -0.478 e. The predicted molar refractivity (Wildman–Crippen MR) is 105 cm³/mol. The minimum absolute atomic E-state index is 0.157. The van der Waals surface area contributed by atoms with Gasteiger partial charge in [0.2, 0.25) is 0 Å². The first-order chi connectivity index (χ1) is 13.6. The lowest BCUT2D eigenvalue weighted by molar-refractivity contribution is -0.274. The first-order valence-corrected chi connectivity index (χ1v) is 8.83. The Morgan fingerprint density at radius 3 is 2.34 bits per heavy atom. The van der Waals surface area contributed by atoms with Gasteiger partial charge in [0, 0.05) is 17.8 Å². The first-order valence-electron chi connectivity index (χ1n) is 8.83. The molecule has 0 spiro atoms. The van der Waals surface area contributed by atoms with Crippen LogP contribution in [0.25, 0.3) is 5.70 Å². The summed E-state index contributed by atoms with van der Waals surface area (Å²) in [6.45, 7) is 5.97. The summed E-state index contributed by atoms with van der Waals surface area (Å²) in [5.74, 6) is -0.723. The van der Waals surface area contributed by atoms with Crippen LogP contribution in [-0.2, 0) is 0 Å². The van der Waals surface area contributed by atoms with Gasteiger partial charge in [-0.25, -0.2) is 9.79 Å². The molecule has 5 nitrogen and oxygen atoms in total. The molecular weight excluding hydrogens is 385 g/mol. The molecule has 0 aliphatic carbocycles. The average molecular weight is 406 g/mol. The van der Waals surface area contributed by atoms with E-state index in [2.05, 4.69) is 9.73 Å². The fraction of sp³-hybridized carbons (Fsp3) is 0.238. The lowest BCUT2D eigenvalue weighted by atomic mass is 10.1. The molecule has 0 aliphatic rings. The molecule has 0 saturated heterocycles. The van der Waals surface area contributed by atoms with E-state index in [0.29, 0.717) is 29.3 Å². The van der Waals surface area contributed by atoms with Crippen LogP contribution in [0.4, 0.5) is 18.9 Å². The van der Waals surface area contributed by atoms with E-state index in [4.69, 9.17) is 5.11 Å². The number of alkyl halides is 3. The van der Waals surface area contributed by atoms with Crippen molar-refractivity contribution in [1.82, 2.24) is 4.90 Å². The van der Waals surface area contributed by atoms with Crippen LogP contribution >= 0.6 is 0 Å². The number of allylic oxidation sites excluding steroid dienone is 1. The summed E-state index contributed by atoms with van der Waals surface area (Å²) in [6.07, 6.45) is -2.98. The van der Waals surface area contributed by atoms with Crippen LogP contribution in [0.2, 0.25) is 0 Å². The Kier molecular flexibility index (Phi) is 7.03. The minimum atomic E-state index is -4.77. The fourth-order valence-electron chi connectivity index (χ4n) is 2.83. The van der Waals surface area contributed by atoms with Gasteiger partial charge >= 0.3 is 12.3 Å². The molecule has 2 aromatic carbocycles. The number of hydrogen-bond acceptors (Lipinski definition) is 3. The van der Waals surface area contributed by atoms with Gasteiger partial charge in [0.1, 0.15) is 11.6 Å². The van der Waals surface area contributed by atoms with Crippen molar-refractivity contribution in [2.75, 3.05) is 6.54 Å². The van der Waals surface area contributed by atoms with E-state index in [1.54, 1.807) is 38.1 Å². The van der Waals surface area contributed by atoms with Crippen molar-refractivity contribution >= 4 is 23.2 Å². The van der Waals surface area contributed by atoms with E-state index in [0.717, 1.165) is 0 Å². The highest BCUT2D eigenvalue weighted by Gasteiger charge is 2.31. The van der Waals surface area contributed by atoms with Gasteiger partial charge in [0.25, 0.3) is 0 Å². The molecule has 0 saturated carbocycles. The number of halogens is 3. The Bertz CT molecular complexity index is 920.